The quantitative estimate of drug-likeness (QED) is 0.498. The molecule has 0 aromatic carbocycles. The van der Waals surface area contributed by atoms with Crippen molar-refractivity contribution in [1.82, 2.24) is 9.78 Å². The summed E-state index contributed by atoms with van der Waals surface area (Å²) in [6.45, 7) is 5.83. The molecular formula is C11H21N3O4Pt. The second-order valence-electron chi connectivity index (χ2n) is 3.41. The summed E-state index contributed by atoms with van der Waals surface area (Å²) in [5, 5.41) is 21.6. The Balaban J connectivity index is -0.0000000796. The number of rotatable bonds is 0. The van der Waals surface area contributed by atoms with Crippen molar-refractivity contribution in [2.45, 2.75) is 33.7 Å². The zero-order valence-electron chi connectivity index (χ0n) is 11.7. The van der Waals surface area contributed by atoms with Crippen molar-refractivity contribution in [2.75, 3.05) is 0 Å². The van der Waals surface area contributed by atoms with Crippen LogP contribution >= 0.6 is 0 Å². The SMILES string of the molecule is CC(=O)[O-].CC(=O)[O-].CC(C)N.Cn1cccn1.[Pt+2]. The summed E-state index contributed by atoms with van der Waals surface area (Å²) in [5.74, 6) is -2.17. The molecular weight excluding hydrogens is 433 g/mol. The number of carbonyl (C=O) groups excluding carboxylic acids is 2. The summed E-state index contributed by atoms with van der Waals surface area (Å²) >= 11 is 0. The summed E-state index contributed by atoms with van der Waals surface area (Å²) in [7, 11) is 1.89. The van der Waals surface area contributed by atoms with Crippen molar-refractivity contribution >= 4 is 11.9 Å². The first-order valence-electron chi connectivity index (χ1n) is 5.13. The van der Waals surface area contributed by atoms with Gasteiger partial charge in [-0.1, -0.05) is 13.8 Å². The van der Waals surface area contributed by atoms with Crippen LogP contribution in [0.1, 0.15) is 27.7 Å². The van der Waals surface area contributed by atoms with Gasteiger partial charge in [-0.2, -0.15) is 5.10 Å². The molecule has 0 amide bonds. The van der Waals surface area contributed by atoms with Gasteiger partial charge in [0.15, 0.2) is 0 Å². The van der Waals surface area contributed by atoms with Crippen molar-refractivity contribution in [3.8, 4) is 0 Å². The van der Waals surface area contributed by atoms with Crippen LogP contribution in [0, 0.1) is 0 Å². The molecule has 0 saturated carbocycles. The number of nitrogens with zero attached hydrogens (tertiary/aromatic N) is 2. The largest absolute Gasteiger partial charge is 2.00 e. The van der Waals surface area contributed by atoms with Crippen LogP contribution in [-0.2, 0) is 37.7 Å². The molecule has 1 rings (SSSR count). The second kappa shape index (κ2) is 19.1. The predicted octanol–water partition coefficient (Wildman–Crippen LogP) is -1.72. The molecule has 19 heavy (non-hydrogen) atoms. The Morgan fingerprint density at radius 3 is 1.53 bits per heavy atom. The van der Waals surface area contributed by atoms with E-state index in [1.807, 2.05) is 33.2 Å². The number of carboxylic acids is 2. The molecule has 0 radical (unpaired) electrons. The van der Waals surface area contributed by atoms with E-state index in [1.54, 1.807) is 10.9 Å². The van der Waals surface area contributed by atoms with E-state index in [-0.39, 0.29) is 21.1 Å². The van der Waals surface area contributed by atoms with Crippen molar-refractivity contribution in [2.24, 2.45) is 12.8 Å². The Morgan fingerprint density at radius 1 is 1.21 bits per heavy atom. The molecule has 0 atom stereocenters. The molecule has 7 nitrogen and oxygen atoms in total. The molecule has 8 heteroatoms. The normalized spacial score (nSPS) is 7.32. The average molecular weight is 454 g/mol. The van der Waals surface area contributed by atoms with Gasteiger partial charge < -0.3 is 25.5 Å². The topological polar surface area (TPSA) is 124 Å². The third-order valence-electron chi connectivity index (χ3n) is 0.637. The molecule has 1 aromatic rings. The maximum atomic E-state index is 8.89. The van der Waals surface area contributed by atoms with Gasteiger partial charge in [0.1, 0.15) is 0 Å². The fourth-order valence-corrected chi connectivity index (χ4v) is 0.345. The third kappa shape index (κ3) is 109. The van der Waals surface area contributed by atoms with Crippen LogP contribution < -0.4 is 15.9 Å². The Hall–Kier alpha value is -1.20. The van der Waals surface area contributed by atoms with Gasteiger partial charge in [0.05, 0.1) is 0 Å². The number of carbonyl (C=O) groups is 2. The summed E-state index contributed by atoms with van der Waals surface area (Å²) in [6, 6.07) is 2.22. The minimum Gasteiger partial charge on any atom is -0.550 e. The van der Waals surface area contributed by atoms with Gasteiger partial charge in [-0.3, -0.25) is 4.68 Å². The molecule has 0 saturated heterocycles. The van der Waals surface area contributed by atoms with Gasteiger partial charge in [-0.05, 0) is 26.0 Å². The Morgan fingerprint density at radius 2 is 1.47 bits per heavy atom. The summed E-state index contributed by atoms with van der Waals surface area (Å²) < 4.78 is 1.75. The van der Waals surface area contributed by atoms with Crippen molar-refractivity contribution in [3.05, 3.63) is 18.5 Å². The fraction of sp³-hybridized carbons (Fsp3) is 0.545. The van der Waals surface area contributed by atoms with E-state index < -0.39 is 11.9 Å². The smallest absolute Gasteiger partial charge is 0.550 e. The average Bonchev–Trinajstić information content (AvgIpc) is 2.51. The molecule has 0 aliphatic heterocycles. The number of hydrogen-bond acceptors (Lipinski definition) is 6. The summed E-state index contributed by atoms with van der Waals surface area (Å²) in [6.07, 6.45) is 3.64. The van der Waals surface area contributed by atoms with Crippen LogP contribution in [0.3, 0.4) is 0 Å². The van der Waals surface area contributed by atoms with Crippen LogP contribution in [0.4, 0.5) is 0 Å². The zero-order chi connectivity index (χ0) is 15.1. The van der Waals surface area contributed by atoms with Gasteiger partial charge in [0.25, 0.3) is 0 Å². The molecule has 0 unspecified atom stereocenters. The predicted molar refractivity (Wildman–Crippen MR) is 63.9 cm³/mol. The number of aryl methyl sites for hydroxylation is 1. The number of aromatic nitrogens is 2. The van der Waals surface area contributed by atoms with Crippen LogP contribution in [-0.4, -0.2) is 27.8 Å². The van der Waals surface area contributed by atoms with Gasteiger partial charge >= 0.3 is 21.1 Å². The Bertz CT molecular complexity index is 280. The molecule has 0 bridgehead atoms. The molecule has 0 aliphatic rings. The number of aliphatic carboxylic acids is 2. The van der Waals surface area contributed by atoms with Crippen molar-refractivity contribution in [3.63, 3.8) is 0 Å². The first-order valence-corrected chi connectivity index (χ1v) is 5.13. The monoisotopic (exact) mass is 454 g/mol. The van der Waals surface area contributed by atoms with E-state index in [1.165, 1.54) is 0 Å². The zero-order valence-corrected chi connectivity index (χ0v) is 14.0. The van der Waals surface area contributed by atoms with Gasteiger partial charge in [0, 0.05) is 31.4 Å². The van der Waals surface area contributed by atoms with E-state index in [4.69, 9.17) is 25.5 Å². The maximum Gasteiger partial charge on any atom is 2.00 e. The molecule has 1 heterocycles. The molecule has 0 fully saturated rings. The second-order valence-corrected chi connectivity index (χ2v) is 3.41. The van der Waals surface area contributed by atoms with Gasteiger partial charge in [0.2, 0.25) is 0 Å². The van der Waals surface area contributed by atoms with Gasteiger partial charge in [-0.15, -0.1) is 0 Å². The third-order valence-corrected chi connectivity index (χ3v) is 0.637. The first-order chi connectivity index (χ1) is 8.09. The molecule has 0 aliphatic carbocycles. The van der Waals surface area contributed by atoms with Crippen molar-refractivity contribution < 1.29 is 40.9 Å². The van der Waals surface area contributed by atoms with Crippen LogP contribution in [0.5, 0.6) is 0 Å². The van der Waals surface area contributed by atoms with Crippen molar-refractivity contribution in [1.29, 1.82) is 0 Å². The van der Waals surface area contributed by atoms with E-state index in [0.717, 1.165) is 13.8 Å². The van der Waals surface area contributed by atoms with E-state index >= 15 is 0 Å². The molecule has 2 N–H and O–H groups in total. The maximum absolute atomic E-state index is 8.89. The van der Waals surface area contributed by atoms with Crippen LogP contribution in [0.25, 0.3) is 0 Å². The standard InChI is InChI=1S/C4H6N2.C3H9N.2C2H4O2.Pt/c1-6-4-2-3-5-6;1-3(2)4;2*1-2(3)4;/h2-4H,1H3;3H,4H2,1-2H3;2*1H3,(H,3,4);/q;;;;+2/p-2. The van der Waals surface area contributed by atoms with Crippen LogP contribution in [0.15, 0.2) is 18.5 Å². The number of nitrogens with two attached hydrogens (primary N) is 1. The Labute approximate surface area is 128 Å². The van der Waals surface area contributed by atoms with Crippen LogP contribution in [0.2, 0.25) is 0 Å². The fourth-order valence-electron chi connectivity index (χ4n) is 0.345. The minimum absolute atomic E-state index is 0. The Kier molecular flexibility index (Phi) is 26.6. The minimum atomic E-state index is -1.08. The molecule has 1 aromatic heterocycles. The van der Waals surface area contributed by atoms with Gasteiger partial charge in [-0.25, -0.2) is 0 Å². The molecule has 114 valence electrons. The summed E-state index contributed by atoms with van der Waals surface area (Å²) in [5.41, 5.74) is 5.11. The molecule has 0 spiro atoms. The van der Waals surface area contributed by atoms with E-state index in [9.17, 15) is 0 Å². The van der Waals surface area contributed by atoms with E-state index in [0.29, 0.717) is 6.04 Å². The van der Waals surface area contributed by atoms with E-state index in [2.05, 4.69) is 5.10 Å². The first kappa shape index (κ1) is 26.4. The summed E-state index contributed by atoms with van der Waals surface area (Å²) in [4.78, 5) is 17.8. The number of carboxylic acid groups (broad SMARTS) is 2. The number of hydrogen-bond donors (Lipinski definition) is 1.